The van der Waals surface area contributed by atoms with Crippen molar-refractivity contribution in [2.75, 3.05) is 18.0 Å². The fraction of sp³-hybridized carbons (Fsp3) is 0.455. The Morgan fingerprint density at radius 3 is 3.20 bits per heavy atom. The number of carbonyl (C=O) groups is 1. The van der Waals surface area contributed by atoms with E-state index in [0.717, 1.165) is 25.7 Å². The lowest BCUT2D eigenvalue weighted by Crippen LogP contribution is -2.39. The topological polar surface area (TPSA) is 53.4 Å². The van der Waals surface area contributed by atoms with E-state index < -0.39 is 0 Å². The monoisotopic (exact) mass is 206 g/mol. The highest BCUT2D eigenvalue weighted by molar-refractivity contribution is 5.82. The van der Waals surface area contributed by atoms with Gasteiger partial charge >= 0.3 is 0 Å². The molecule has 1 N–H and O–H groups in total. The van der Waals surface area contributed by atoms with E-state index in [1.54, 1.807) is 18.3 Å². The van der Waals surface area contributed by atoms with Crippen molar-refractivity contribution >= 4 is 12.1 Å². The summed E-state index contributed by atoms with van der Waals surface area (Å²) in [5, 5.41) is 9.55. The first-order valence-corrected chi connectivity index (χ1v) is 5.14. The van der Waals surface area contributed by atoms with Gasteiger partial charge in [0.15, 0.2) is 6.29 Å². The normalized spacial score (nSPS) is 21.4. The van der Waals surface area contributed by atoms with Gasteiger partial charge < -0.3 is 10.0 Å². The third-order valence-electron chi connectivity index (χ3n) is 2.64. The second kappa shape index (κ2) is 4.40. The van der Waals surface area contributed by atoms with Crippen LogP contribution in [0.5, 0.6) is 0 Å². The van der Waals surface area contributed by atoms with Crippen molar-refractivity contribution in [3.8, 4) is 0 Å². The predicted molar refractivity (Wildman–Crippen MR) is 57.1 cm³/mol. The Hall–Kier alpha value is -1.42. The molecule has 0 aliphatic carbocycles. The maximum Gasteiger partial charge on any atom is 0.153 e. The lowest BCUT2D eigenvalue weighted by Gasteiger charge is -2.31. The molecule has 1 aliphatic heterocycles. The molecule has 1 fully saturated rings. The van der Waals surface area contributed by atoms with Crippen LogP contribution >= 0.6 is 0 Å². The number of rotatable bonds is 2. The van der Waals surface area contributed by atoms with Crippen LogP contribution in [0.25, 0.3) is 0 Å². The minimum Gasteiger partial charge on any atom is -0.391 e. The second-order valence-corrected chi connectivity index (χ2v) is 3.78. The Morgan fingerprint density at radius 1 is 1.60 bits per heavy atom. The number of piperidine rings is 1. The molecule has 0 spiro atoms. The van der Waals surface area contributed by atoms with E-state index >= 15 is 0 Å². The van der Waals surface area contributed by atoms with Gasteiger partial charge in [0.2, 0.25) is 0 Å². The summed E-state index contributed by atoms with van der Waals surface area (Å²) in [7, 11) is 0. The van der Waals surface area contributed by atoms with Gasteiger partial charge in [-0.2, -0.15) is 0 Å². The van der Waals surface area contributed by atoms with Crippen LogP contribution in [-0.2, 0) is 0 Å². The minimum absolute atomic E-state index is 0.305. The van der Waals surface area contributed by atoms with E-state index in [1.807, 2.05) is 4.90 Å². The lowest BCUT2D eigenvalue weighted by molar-refractivity contribution is 0.112. The Balaban J connectivity index is 2.24. The standard InChI is InChI=1S/C11H14N2O2/c14-8-9-3-1-5-12-11(9)13-6-2-4-10(15)7-13/h1,3,5,8,10,15H,2,4,6-7H2. The van der Waals surface area contributed by atoms with Crippen LogP contribution in [0.15, 0.2) is 18.3 Å². The molecule has 1 saturated heterocycles. The molecule has 2 rings (SSSR count). The molecule has 4 nitrogen and oxygen atoms in total. The van der Waals surface area contributed by atoms with Crippen LogP contribution in [-0.4, -0.2) is 35.6 Å². The SMILES string of the molecule is O=Cc1cccnc1N1CCCC(O)C1. The van der Waals surface area contributed by atoms with Crippen LogP contribution in [0.1, 0.15) is 23.2 Å². The smallest absolute Gasteiger partial charge is 0.153 e. The van der Waals surface area contributed by atoms with Crippen molar-refractivity contribution in [1.29, 1.82) is 0 Å². The van der Waals surface area contributed by atoms with E-state index in [-0.39, 0.29) is 6.10 Å². The maximum absolute atomic E-state index is 10.8. The van der Waals surface area contributed by atoms with Crippen molar-refractivity contribution in [2.45, 2.75) is 18.9 Å². The van der Waals surface area contributed by atoms with Crippen LogP contribution < -0.4 is 4.90 Å². The summed E-state index contributed by atoms with van der Waals surface area (Å²) in [6.07, 6.45) is 3.95. The molecule has 1 atom stereocenters. The van der Waals surface area contributed by atoms with E-state index in [0.29, 0.717) is 17.9 Å². The second-order valence-electron chi connectivity index (χ2n) is 3.78. The zero-order chi connectivity index (χ0) is 10.7. The zero-order valence-electron chi connectivity index (χ0n) is 8.47. The van der Waals surface area contributed by atoms with Gasteiger partial charge in [-0.25, -0.2) is 4.98 Å². The number of anilines is 1. The minimum atomic E-state index is -0.305. The van der Waals surface area contributed by atoms with Gasteiger partial charge in [-0.3, -0.25) is 4.79 Å². The molecule has 0 aromatic carbocycles. The highest BCUT2D eigenvalue weighted by atomic mass is 16.3. The van der Waals surface area contributed by atoms with Crippen molar-refractivity contribution in [2.24, 2.45) is 0 Å². The van der Waals surface area contributed by atoms with Crippen molar-refractivity contribution < 1.29 is 9.90 Å². The maximum atomic E-state index is 10.8. The summed E-state index contributed by atoms with van der Waals surface area (Å²) >= 11 is 0. The summed E-state index contributed by atoms with van der Waals surface area (Å²) in [5.74, 6) is 0.686. The molecule has 0 amide bonds. The van der Waals surface area contributed by atoms with Gasteiger partial charge in [-0.05, 0) is 25.0 Å². The van der Waals surface area contributed by atoms with Crippen LogP contribution in [0.2, 0.25) is 0 Å². The first-order chi connectivity index (χ1) is 7.31. The highest BCUT2D eigenvalue weighted by Crippen LogP contribution is 2.20. The fourth-order valence-corrected chi connectivity index (χ4v) is 1.91. The Morgan fingerprint density at radius 2 is 2.47 bits per heavy atom. The van der Waals surface area contributed by atoms with Crippen LogP contribution in [0.3, 0.4) is 0 Å². The van der Waals surface area contributed by atoms with E-state index in [4.69, 9.17) is 0 Å². The molecule has 0 saturated carbocycles. The quantitative estimate of drug-likeness (QED) is 0.729. The molecular formula is C11H14N2O2. The Bertz CT molecular complexity index is 354. The average Bonchev–Trinajstić information content (AvgIpc) is 2.29. The van der Waals surface area contributed by atoms with E-state index in [2.05, 4.69) is 4.98 Å². The molecule has 0 radical (unpaired) electrons. The van der Waals surface area contributed by atoms with Gasteiger partial charge in [0, 0.05) is 19.3 Å². The van der Waals surface area contributed by atoms with Crippen molar-refractivity contribution in [3.63, 3.8) is 0 Å². The highest BCUT2D eigenvalue weighted by Gasteiger charge is 2.20. The Kier molecular flexibility index (Phi) is 2.97. The number of hydrogen-bond donors (Lipinski definition) is 1. The lowest BCUT2D eigenvalue weighted by atomic mass is 10.1. The van der Waals surface area contributed by atoms with Gasteiger partial charge in [-0.1, -0.05) is 0 Å². The number of nitrogens with zero attached hydrogens (tertiary/aromatic N) is 2. The number of aliphatic hydroxyl groups is 1. The van der Waals surface area contributed by atoms with Crippen LogP contribution in [0, 0.1) is 0 Å². The molecule has 1 unspecified atom stereocenters. The van der Waals surface area contributed by atoms with Crippen molar-refractivity contribution in [3.05, 3.63) is 23.9 Å². The first kappa shape index (κ1) is 10.1. The van der Waals surface area contributed by atoms with Gasteiger partial charge in [0.05, 0.1) is 11.7 Å². The number of β-amino-alcohol motifs (C(OH)–C–C–N with tert-alkyl or cyclic N) is 1. The summed E-state index contributed by atoms with van der Waals surface area (Å²) in [4.78, 5) is 17.0. The molecule has 1 aromatic heterocycles. The van der Waals surface area contributed by atoms with Gasteiger partial charge in [0.25, 0.3) is 0 Å². The molecular weight excluding hydrogens is 192 g/mol. The summed E-state index contributed by atoms with van der Waals surface area (Å²) in [5.41, 5.74) is 0.589. The largest absolute Gasteiger partial charge is 0.391 e. The van der Waals surface area contributed by atoms with E-state index in [1.165, 1.54) is 0 Å². The molecule has 1 aliphatic rings. The fourth-order valence-electron chi connectivity index (χ4n) is 1.91. The van der Waals surface area contributed by atoms with Gasteiger partial charge in [0.1, 0.15) is 5.82 Å². The van der Waals surface area contributed by atoms with E-state index in [9.17, 15) is 9.90 Å². The number of aliphatic hydroxyl groups excluding tert-OH is 1. The summed E-state index contributed by atoms with van der Waals surface area (Å²) in [6, 6.07) is 3.49. The third kappa shape index (κ3) is 2.15. The molecule has 4 heteroatoms. The van der Waals surface area contributed by atoms with Gasteiger partial charge in [-0.15, -0.1) is 0 Å². The molecule has 15 heavy (non-hydrogen) atoms. The molecule has 0 bridgehead atoms. The molecule has 2 heterocycles. The summed E-state index contributed by atoms with van der Waals surface area (Å²) in [6.45, 7) is 1.42. The number of carbonyl (C=O) groups excluding carboxylic acids is 1. The Labute approximate surface area is 88.6 Å². The first-order valence-electron chi connectivity index (χ1n) is 5.14. The summed E-state index contributed by atoms with van der Waals surface area (Å²) < 4.78 is 0. The van der Waals surface area contributed by atoms with Crippen molar-refractivity contribution in [1.82, 2.24) is 4.98 Å². The average molecular weight is 206 g/mol. The predicted octanol–water partition coefficient (Wildman–Crippen LogP) is 0.855. The number of hydrogen-bond acceptors (Lipinski definition) is 4. The number of aromatic nitrogens is 1. The number of aldehydes is 1. The molecule has 80 valence electrons. The van der Waals surface area contributed by atoms with Crippen LogP contribution in [0.4, 0.5) is 5.82 Å². The molecule has 1 aromatic rings. The number of pyridine rings is 1. The third-order valence-corrected chi connectivity index (χ3v) is 2.64. The zero-order valence-corrected chi connectivity index (χ0v) is 8.47.